The molecule has 7 nitrogen and oxygen atoms in total. The summed E-state index contributed by atoms with van der Waals surface area (Å²) in [6, 6.07) is 9.18. The molecule has 1 aliphatic rings. The molecule has 0 amide bonds. The molecule has 0 saturated carbocycles. The Balaban J connectivity index is 1.83. The van der Waals surface area contributed by atoms with Crippen molar-refractivity contribution in [1.82, 2.24) is 9.29 Å². The molecule has 1 aromatic carbocycles. The second-order valence-corrected chi connectivity index (χ2v) is 7.72. The Kier molecular flexibility index (Phi) is 6.77. The van der Waals surface area contributed by atoms with Crippen LogP contribution in [0.25, 0.3) is 0 Å². The first-order chi connectivity index (χ1) is 13.5. The van der Waals surface area contributed by atoms with Gasteiger partial charge in [-0.15, -0.1) is 0 Å². The number of nitrogens with one attached hydrogen (secondary N) is 1. The van der Waals surface area contributed by atoms with Crippen molar-refractivity contribution in [1.29, 1.82) is 5.41 Å². The maximum Gasteiger partial charge on any atom is 0.129 e. The van der Waals surface area contributed by atoms with Crippen LogP contribution in [0.5, 0.6) is 5.75 Å². The molecule has 0 bridgehead atoms. The Bertz CT molecular complexity index is 830. The molecule has 0 aliphatic carbocycles. The van der Waals surface area contributed by atoms with Gasteiger partial charge in [0.1, 0.15) is 11.6 Å². The van der Waals surface area contributed by atoms with Crippen LogP contribution in [0, 0.1) is 5.41 Å². The van der Waals surface area contributed by atoms with E-state index in [4.69, 9.17) is 15.9 Å². The summed E-state index contributed by atoms with van der Waals surface area (Å²) in [6.45, 7) is 7.17. The summed E-state index contributed by atoms with van der Waals surface area (Å²) in [5.41, 5.74) is 8.44. The third-order valence-corrected chi connectivity index (χ3v) is 5.19. The maximum absolute atomic E-state index is 9.28. The number of hydrogen-bond donors (Lipinski definition) is 3. The van der Waals surface area contributed by atoms with Crippen LogP contribution in [0.3, 0.4) is 0 Å². The molecule has 0 unspecified atom stereocenters. The quantitative estimate of drug-likeness (QED) is 0.295. The first-order valence-corrected chi connectivity index (χ1v) is 10.1. The zero-order valence-electron chi connectivity index (χ0n) is 16.3. The Hall–Kier alpha value is -2.29. The zero-order chi connectivity index (χ0) is 20.1. The van der Waals surface area contributed by atoms with Gasteiger partial charge < -0.3 is 19.9 Å². The fourth-order valence-electron chi connectivity index (χ4n) is 3.20. The molecule has 28 heavy (non-hydrogen) atoms. The number of nitrogens with two attached hydrogens (primary N) is 1. The first kappa shape index (κ1) is 20.4. The number of nitrogens with zero attached hydrogens (tertiary/aromatic N) is 3. The van der Waals surface area contributed by atoms with E-state index in [9.17, 15) is 4.55 Å². The molecule has 8 heteroatoms. The van der Waals surface area contributed by atoms with Crippen molar-refractivity contribution in [2.75, 3.05) is 36.8 Å². The molecule has 3 rings (SSSR count). The van der Waals surface area contributed by atoms with Crippen molar-refractivity contribution in [2.24, 2.45) is 0 Å². The second kappa shape index (κ2) is 9.27. The Morgan fingerprint density at radius 3 is 2.79 bits per heavy atom. The first-order valence-electron chi connectivity index (χ1n) is 9.41. The van der Waals surface area contributed by atoms with E-state index in [1.165, 1.54) is 0 Å². The van der Waals surface area contributed by atoms with Gasteiger partial charge in [0.2, 0.25) is 0 Å². The fourth-order valence-corrected chi connectivity index (χ4v) is 3.58. The van der Waals surface area contributed by atoms with E-state index in [1.807, 2.05) is 42.4 Å². The molecule has 1 fully saturated rings. The number of benzene rings is 1. The standard InChI is InChI=1S/C20H27N5O2S/c1-14(2)27-16-4-5-18(21)17(13-16)20(22)15-6-7-23-19(12-15)24-8-3-9-25(28-26)11-10-24/h4-7,12-14,22,26H,3,8-11,21H2,1-2H3. The summed E-state index contributed by atoms with van der Waals surface area (Å²) >= 11 is 0.795. The van der Waals surface area contributed by atoms with Gasteiger partial charge in [-0.3, -0.25) is 5.41 Å². The van der Waals surface area contributed by atoms with Gasteiger partial charge in [0.15, 0.2) is 0 Å². The van der Waals surface area contributed by atoms with Gasteiger partial charge in [0, 0.05) is 49.2 Å². The summed E-state index contributed by atoms with van der Waals surface area (Å²) < 4.78 is 17.0. The number of rotatable bonds is 6. The Labute approximate surface area is 170 Å². The SMILES string of the molecule is CC(C)Oc1ccc(N)c(C(=N)c2ccnc(N3CCCN(SO)CC3)c2)c1. The number of ether oxygens (including phenoxy) is 1. The average molecular weight is 402 g/mol. The lowest BCUT2D eigenvalue weighted by Gasteiger charge is -2.22. The van der Waals surface area contributed by atoms with Crippen molar-refractivity contribution in [2.45, 2.75) is 26.4 Å². The molecule has 0 spiro atoms. The fraction of sp³-hybridized carbons (Fsp3) is 0.400. The molecular weight excluding hydrogens is 374 g/mol. The number of anilines is 2. The predicted molar refractivity (Wildman–Crippen MR) is 115 cm³/mol. The van der Waals surface area contributed by atoms with E-state index < -0.39 is 0 Å². The number of pyridine rings is 1. The lowest BCUT2D eigenvalue weighted by Crippen LogP contribution is -2.28. The molecule has 2 heterocycles. The molecule has 1 saturated heterocycles. The minimum Gasteiger partial charge on any atom is -0.491 e. The number of nitrogen functional groups attached to an aromatic ring is 1. The van der Waals surface area contributed by atoms with E-state index in [-0.39, 0.29) is 6.10 Å². The highest BCUT2D eigenvalue weighted by Gasteiger charge is 2.18. The van der Waals surface area contributed by atoms with Crippen LogP contribution < -0.4 is 15.4 Å². The van der Waals surface area contributed by atoms with Crippen molar-refractivity contribution < 1.29 is 9.29 Å². The van der Waals surface area contributed by atoms with Crippen LogP contribution >= 0.6 is 12.2 Å². The summed E-state index contributed by atoms with van der Waals surface area (Å²) in [7, 11) is 0. The molecule has 1 aromatic heterocycles. The summed E-state index contributed by atoms with van der Waals surface area (Å²) in [4.78, 5) is 6.69. The molecule has 4 N–H and O–H groups in total. The normalized spacial score (nSPS) is 15.5. The smallest absolute Gasteiger partial charge is 0.129 e. The molecule has 2 aromatic rings. The van der Waals surface area contributed by atoms with Crippen LogP contribution in [0.15, 0.2) is 36.5 Å². The highest BCUT2D eigenvalue weighted by Crippen LogP contribution is 2.25. The van der Waals surface area contributed by atoms with E-state index in [1.54, 1.807) is 12.3 Å². The molecule has 150 valence electrons. The van der Waals surface area contributed by atoms with E-state index in [2.05, 4.69) is 9.88 Å². The minimum absolute atomic E-state index is 0.0536. The Morgan fingerprint density at radius 1 is 1.21 bits per heavy atom. The minimum atomic E-state index is 0.0536. The van der Waals surface area contributed by atoms with Gasteiger partial charge in [0.25, 0.3) is 0 Å². The predicted octanol–water partition coefficient (Wildman–Crippen LogP) is 3.50. The van der Waals surface area contributed by atoms with E-state index >= 15 is 0 Å². The van der Waals surface area contributed by atoms with Gasteiger partial charge in [-0.1, -0.05) is 0 Å². The van der Waals surface area contributed by atoms with Crippen molar-refractivity contribution >= 4 is 29.4 Å². The van der Waals surface area contributed by atoms with Crippen LogP contribution in [0.2, 0.25) is 0 Å². The highest BCUT2D eigenvalue weighted by molar-refractivity contribution is 7.91. The molecular formula is C20H27N5O2S. The van der Waals surface area contributed by atoms with Crippen molar-refractivity contribution in [3.8, 4) is 5.75 Å². The lowest BCUT2D eigenvalue weighted by atomic mass is 10.0. The van der Waals surface area contributed by atoms with Gasteiger partial charge >= 0.3 is 0 Å². The van der Waals surface area contributed by atoms with Crippen LogP contribution in [-0.4, -0.2) is 51.8 Å². The summed E-state index contributed by atoms with van der Waals surface area (Å²) in [5.74, 6) is 1.53. The van der Waals surface area contributed by atoms with Gasteiger partial charge in [-0.05, 0) is 50.6 Å². The van der Waals surface area contributed by atoms with Crippen LogP contribution in [-0.2, 0) is 0 Å². The van der Waals surface area contributed by atoms with Gasteiger partial charge in [-0.25, -0.2) is 9.29 Å². The molecule has 0 radical (unpaired) electrons. The Morgan fingerprint density at radius 2 is 2.04 bits per heavy atom. The van der Waals surface area contributed by atoms with Gasteiger partial charge in [-0.2, -0.15) is 0 Å². The molecule has 0 atom stereocenters. The van der Waals surface area contributed by atoms with Crippen molar-refractivity contribution in [3.63, 3.8) is 0 Å². The van der Waals surface area contributed by atoms with E-state index in [0.717, 1.165) is 56.2 Å². The lowest BCUT2D eigenvalue weighted by molar-refractivity contribution is 0.242. The number of aromatic nitrogens is 1. The van der Waals surface area contributed by atoms with Crippen LogP contribution in [0.4, 0.5) is 11.5 Å². The number of hydrogen-bond acceptors (Lipinski definition) is 8. The molecule has 1 aliphatic heterocycles. The second-order valence-electron chi connectivity index (χ2n) is 7.04. The summed E-state index contributed by atoms with van der Waals surface area (Å²) in [6.07, 6.45) is 2.73. The van der Waals surface area contributed by atoms with E-state index in [0.29, 0.717) is 22.7 Å². The topological polar surface area (TPSA) is 98.7 Å². The third-order valence-electron chi connectivity index (χ3n) is 4.59. The zero-order valence-corrected chi connectivity index (χ0v) is 17.1. The maximum atomic E-state index is 9.28. The highest BCUT2D eigenvalue weighted by atomic mass is 32.2. The summed E-state index contributed by atoms with van der Waals surface area (Å²) in [5, 5.41) is 8.68. The largest absolute Gasteiger partial charge is 0.491 e. The van der Waals surface area contributed by atoms with Crippen molar-refractivity contribution in [3.05, 3.63) is 47.7 Å². The van der Waals surface area contributed by atoms with Crippen LogP contribution in [0.1, 0.15) is 31.4 Å². The third kappa shape index (κ3) is 4.95. The van der Waals surface area contributed by atoms with Gasteiger partial charge in [0.05, 0.1) is 24.0 Å². The average Bonchev–Trinajstić information content (AvgIpc) is 2.94. The monoisotopic (exact) mass is 401 g/mol.